The van der Waals surface area contributed by atoms with E-state index < -0.39 is 29.8 Å². The van der Waals surface area contributed by atoms with Crippen LogP contribution in [0.1, 0.15) is 61.9 Å². The molecule has 46 heavy (non-hydrogen) atoms. The van der Waals surface area contributed by atoms with E-state index in [-0.39, 0.29) is 36.4 Å². The molecule has 4 aromatic carbocycles. The van der Waals surface area contributed by atoms with Crippen LogP contribution in [-0.2, 0) is 19.1 Å². The number of alkyl halides is 3. The van der Waals surface area contributed by atoms with Crippen molar-refractivity contribution in [1.29, 1.82) is 0 Å². The zero-order valence-electron chi connectivity index (χ0n) is 25.0. The fourth-order valence-corrected chi connectivity index (χ4v) is 5.80. The minimum Gasteiger partial charge on any atom is -0.390 e. The normalized spacial score (nSPS) is 16.2. The molecule has 3 atom stereocenters. The van der Waals surface area contributed by atoms with Crippen LogP contribution in [0, 0.1) is 5.82 Å². The molecule has 1 heterocycles. The molecule has 5 rings (SSSR count). The lowest BCUT2D eigenvalue weighted by molar-refractivity contribution is -0.137. The molecule has 1 unspecified atom stereocenters. The Kier molecular flexibility index (Phi) is 10.5. The quantitative estimate of drug-likeness (QED) is 0.169. The van der Waals surface area contributed by atoms with Crippen LogP contribution in [0.15, 0.2) is 103 Å². The minimum absolute atomic E-state index is 0.00296. The summed E-state index contributed by atoms with van der Waals surface area (Å²) in [6.07, 6.45) is -3.78. The van der Waals surface area contributed by atoms with Crippen molar-refractivity contribution in [3.8, 4) is 0 Å². The van der Waals surface area contributed by atoms with E-state index in [1.807, 2.05) is 30.3 Å². The molecule has 240 valence electrons. The smallest absolute Gasteiger partial charge is 0.390 e. The van der Waals surface area contributed by atoms with E-state index in [1.54, 1.807) is 41.3 Å². The first-order chi connectivity index (χ1) is 22.1. The standard InChI is InChI=1S/C36H35F4N3O3/c37-30-15-6-11-26(21-30)32-16-7-17-43(32)35(46)28-13-5-12-27(20-28)34(45)42-31(19-24-8-2-1-3-9-24)33(44)23-41-22-25-10-4-14-29(18-25)36(38,39)40/h1-6,8-15,18,20-21,31-33,41,44H,7,16-17,19,22-23H2,(H,42,45)/t31-,32?,33+/m0/s1. The zero-order chi connectivity index (χ0) is 32.7. The van der Waals surface area contributed by atoms with Gasteiger partial charge in [0.1, 0.15) is 5.82 Å². The highest BCUT2D eigenvalue weighted by Crippen LogP contribution is 2.33. The minimum atomic E-state index is -4.46. The van der Waals surface area contributed by atoms with Crippen molar-refractivity contribution in [3.05, 3.63) is 142 Å². The number of carbonyl (C=O) groups is 2. The van der Waals surface area contributed by atoms with Crippen molar-refractivity contribution in [3.63, 3.8) is 0 Å². The third-order valence-electron chi connectivity index (χ3n) is 8.14. The number of hydrogen-bond donors (Lipinski definition) is 3. The molecule has 0 bridgehead atoms. The highest BCUT2D eigenvalue weighted by molar-refractivity contribution is 6.00. The summed E-state index contributed by atoms with van der Waals surface area (Å²) in [5.74, 6) is -1.12. The molecule has 1 aliphatic heterocycles. The van der Waals surface area contributed by atoms with Gasteiger partial charge in [0.05, 0.1) is 23.8 Å². The van der Waals surface area contributed by atoms with Gasteiger partial charge in [-0.1, -0.05) is 66.7 Å². The van der Waals surface area contributed by atoms with E-state index in [4.69, 9.17) is 0 Å². The van der Waals surface area contributed by atoms with Gasteiger partial charge in [0.25, 0.3) is 11.8 Å². The number of hydrogen-bond acceptors (Lipinski definition) is 4. The Bertz CT molecular complexity index is 1650. The summed E-state index contributed by atoms with van der Waals surface area (Å²) in [7, 11) is 0. The summed E-state index contributed by atoms with van der Waals surface area (Å²) in [6, 6.07) is 25.8. The van der Waals surface area contributed by atoms with E-state index >= 15 is 0 Å². The second kappa shape index (κ2) is 14.7. The van der Waals surface area contributed by atoms with Crippen LogP contribution in [0.4, 0.5) is 17.6 Å². The molecule has 0 aromatic heterocycles. The van der Waals surface area contributed by atoms with E-state index in [0.29, 0.717) is 30.5 Å². The molecule has 0 aliphatic carbocycles. The molecule has 1 fully saturated rings. The number of halogens is 4. The fraction of sp³-hybridized carbons (Fsp3) is 0.278. The summed E-state index contributed by atoms with van der Waals surface area (Å²) >= 11 is 0. The van der Waals surface area contributed by atoms with Crippen LogP contribution >= 0.6 is 0 Å². The lowest BCUT2D eigenvalue weighted by Crippen LogP contribution is -2.48. The van der Waals surface area contributed by atoms with Crippen LogP contribution in [0.25, 0.3) is 0 Å². The number of amides is 2. The van der Waals surface area contributed by atoms with Gasteiger partial charge in [0, 0.05) is 30.8 Å². The van der Waals surface area contributed by atoms with Gasteiger partial charge in [-0.25, -0.2) is 4.39 Å². The van der Waals surface area contributed by atoms with Crippen molar-refractivity contribution in [2.45, 2.75) is 50.2 Å². The van der Waals surface area contributed by atoms with Gasteiger partial charge in [-0.2, -0.15) is 13.2 Å². The van der Waals surface area contributed by atoms with Gasteiger partial charge in [-0.3, -0.25) is 9.59 Å². The first-order valence-electron chi connectivity index (χ1n) is 15.1. The third-order valence-corrected chi connectivity index (χ3v) is 8.14. The Hall–Kier alpha value is -4.54. The Morgan fingerprint density at radius 2 is 1.59 bits per heavy atom. The first-order valence-corrected chi connectivity index (χ1v) is 15.1. The van der Waals surface area contributed by atoms with E-state index in [9.17, 15) is 32.3 Å². The number of likely N-dealkylation sites (tertiary alicyclic amines) is 1. The lowest BCUT2D eigenvalue weighted by atomic mass is 10.00. The monoisotopic (exact) mass is 633 g/mol. The molecule has 4 aromatic rings. The summed E-state index contributed by atoms with van der Waals surface area (Å²) in [5.41, 5.74) is 1.79. The van der Waals surface area contributed by atoms with Gasteiger partial charge >= 0.3 is 6.18 Å². The maximum absolute atomic E-state index is 13.9. The van der Waals surface area contributed by atoms with Crippen molar-refractivity contribution < 1.29 is 32.3 Å². The van der Waals surface area contributed by atoms with Crippen LogP contribution in [-0.4, -0.2) is 47.1 Å². The molecule has 3 N–H and O–H groups in total. The number of nitrogens with zero attached hydrogens (tertiary/aromatic N) is 1. The predicted octanol–water partition coefficient (Wildman–Crippen LogP) is 6.31. The van der Waals surface area contributed by atoms with E-state index in [2.05, 4.69) is 10.6 Å². The highest BCUT2D eigenvalue weighted by atomic mass is 19.4. The van der Waals surface area contributed by atoms with Gasteiger partial charge in [0.15, 0.2) is 0 Å². The largest absolute Gasteiger partial charge is 0.416 e. The third kappa shape index (κ3) is 8.38. The van der Waals surface area contributed by atoms with Crippen molar-refractivity contribution in [1.82, 2.24) is 15.5 Å². The zero-order valence-corrected chi connectivity index (χ0v) is 25.0. The Labute approximate surface area is 265 Å². The number of rotatable bonds is 11. The second-order valence-electron chi connectivity index (χ2n) is 11.5. The Balaban J connectivity index is 1.27. The van der Waals surface area contributed by atoms with Crippen LogP contribution in [0.5, 0.6) is 0 Å². The lowest BCUT2D eigenvalue weighted by Gasteiger charge is -2.26. The van der Waals surface area contributed by atoms with Crippen LogP contribution in [0.2, 0.25) is 0 Å². The SMILES string of the molecule is O=C(N[C@@H](Cc1ccccc1)[C@H](O)CNCc1cccc(C(F)(F)F)c1)c1cccc(C(=O)N2CCCC2c2cccc(F)c2)c1. The predicted molar refractivity (Wildman–Crippen MR) is 166 cm³/mol. The maximum atomic E-state index is 13.9. The number of benzene rings is 4. The molecule has 0 spiro atoms. The molecule has 6 nitrogen and oxygen atoms in total. The molecule has 0 radical (unpaired) electrons. The summed E-state index contributed by atoms with van der Waals surface area (Å²) in [4.78, 5) is 28.7. The average Bonchev–Trinajstić information content (AvgIpc) is 3.54. The second-order valence-corrected chi connectivity index (χ2v) is 11.5. The van der Waals surface area contributed by atoms with Crippen molar-refractivity contribution >= 4 is 11.8 Å². The highest BCUT2D eigenvalue weighted by Gasteiger charge is 2.32. The topological polar surface area (TPSA) is 81.7 Å². The number of nitrogens with one attached hydrogen (secondary N) is 2. The molecule has 1 aliphatic rings. The molecule has 1 saturated heterocycles. The number of aliphatic hydroxyl groups is 1. The van der Waals surface area contributed by atoms with Crippen LogP contribution in [0.3, 0.4) is 0 Å². The Morgan fingerprint density at radius 3 is 2.35 bits per heavy atom. The average molecular weight is 634 g/mol. The fourth-order valence-electron chi connectivity index (χ4n) is 5.80. The summed E-state index contributed by atoms with van der Waals surface area (Å²) in [5, 5.41) is 17.0. The van der Waals surface area contributed by atoms with Gasteiger partial charge in [-0.05, 0) is 72.4 Å². The molecule has 2 amide bonds. The van der Waals surface area contributed by atoms with E-state index in [1.165, 1.54) is 24.3 Å². The van der Waals surface area contributed by atoms with Crippen molar-refractivity contribution in [2.75, 3.05) is 13.1 Å². The number of aliphatic hydroxyl groups excluding tert-OH is 1. The maximum Gasteiger partial charge on any atom is 0.416 e. The molecule has 0 saturated carbocycles. The Morgan fingerprint density at radius 1 is 0.870 bits per heavy atom. The van der Waals surface area contributed by atoms with Gasteiger partial charge in [-0.15, -0.1) is 0 Å². The molecular weight excluding hydrogens is 598 g/mol. The molecule has 10 heteroatoms. The van der Waals surface area contributed by atoms with Gasteiger partial charge in [0.2, 0.25) is 0 Å². The summed E-state index contributed by atoms with van der Waals surface area (Å²) in [6.45, 7) is 0.600. The summed E-state index contributed by atoms with van der Waals surface area (Å²) < 4.78 is 53.2. The van der Waals surface area contributed by atoms with Crippen LogP contribution < -0.4 is 10.6 Å². The first kappa shape index (κ1) is 32.8. The molecular formula is C36H35F4N3O3. The number of carbonyl (C=O) groups excluding carboxylic acids is 2. The van der Waals surface area contributed by atoms with E-state index in [0.717, 1.165) is 29.7 Å². The van der Waals surface area contributed by atoms with Gasteiger partial charge < -0.3 is 20.6 Å². The van der Waals surface area contributed by atoms with Crippen molar-refractivity contribution in [2.24, 2.45) is 0 Å².